The van der Waals surface area contributed by atoms with Gasteiger partial charge in [-0.25, -0.2) is 0 Å². The largest absolute Gasteiger partial charge is 0.487 e. The van der Waals surface area contributed by atoms with Crippen LogP contribution in [-0.2, 0) is 10.2 Å². The summed E-state index contributed by atoms with van der Waals surface area (Å²) < 4.78 is 11.3. The minimum atomic E-state index is 0.0256. The minimum absolute atomic E-state index is 0.0256. The Hall–Kier alpha value is -1.06. The first kappa shape index (κ1) is 17.0. The molecule has 1 unspecified atom stereocenters. The van der Waals surface area contributed by atoms with Crippen LogP contribution in [0.3, 0.4) is 0 Å². The summed E-state index contributed by atoms with van der Waals surface area (Å²) in [5.41, 5.74) is 1.41. The van der Waals surface area contributed by atoms with E-state index in [0.717, 1.165) is 12.3 Å². The van der Waals surface area contributed by atoms with Crippen LogP contribution < -0.4 is 10.1 Å². The highest BCUT2D eigenvalue weighted by molar-refractivity contribution is 5.32. The highest BCUT2D eigenvalue weighted by atomic mass is 16.5. The standard InChI is InChI=1S/C17H29NO2/c1-13(2)18-11-16(12-19-6)20-15-9-7-8-14(10-15)17(3,4)5/h7-10,13,16,18H,11-12H2,1-6H3. The van der Waals surface area contributed by atoms with E-state index in [-0.39, 0.29) is 11.5 Å². The average molecular weight is 279 g/mol. The van der Waals surface area contributed by atoms with Crippen molar-refractivity contribution in [2.75, 3.05) is 20.3 Å². The molecule has 0 aromatic heterocycles. The van der Waals surface area contributed by atoms with Gasteiger partial charge in [0.15, 0.2) is 0 Å². The monoisotopic (exact) mass is 279 g/mol. The van der Waals surface area contributed by atoms with Crippen molar-refractivity contribution in [2.45, 2.75) is 52.2 Å². The molecule has 0 saturated carbocycles. The lowest BCUT2D eigenvalue weighted by atomic mass is 9.87. The molecule has 0 amide bonds. The van der Waals surface area contributed by atoms with Crippen LogP contribution in [0.4, 0.5) is 0 Å². The summed E-state index contributed by atoms with van der Waals surface area (Å²) in [6.07, 6.45) is 0.0256. The van der Waals surface area contributed by atoms with Gasteiger partial charge >= 0.3 is 0 Å². The molecule has 1 aromatic carbocycles. The van der Waals surface area contributed by atoms with Crippen molar-refractivity contribution >= 4 is 0 Å². The van der Waals surface area contributed by atoms with E-state index in [4.69, 9.17) is 9.47 Å². The number of ether oxygens (including phenoxy) is 2. The first-order chi connectivity index (χ1) is 9.32. The molecule has 3 nitrogen and oxygen atoms in total. The fraction of sp³-hybridized carbons (Fsp3) is 0.647. The molecule has 114 valence electrons. The van der Waals surface area contributed by atoms with E-state index in [2.05, 4.69) is 58.1 Å². The molecule has 1 rings (SSSR count). The van der Waals surface area contributed by atoms with E-state index < -0.39 is 0 Å². The Morgan fingerprint density at radius 3 is 2.45 bits per heavy atom. The molecule has 1 N–H and O–H groups in total. The smallest absolute Gasteiger partial charge is 0.134 e. The van der Waals surface area contributed by atoms with E-state index >= 15 is 0 Å². The molecule has 0 aliphatic rings. The Labute approximate surface area is 123 Å². The van der Waals surface area contributed by atoms with Crippen LogP contribution in [0.2, 0.25) is 0 Å². The zero-order chi connectivity index (χ0) is 15.2. The summed E-state index contributed by atoms with van der Waals surface area (Å²) in [6, 6.07) is 8.77. The van der Waals surface area contributed by atoms with Gasteiger partial charge in [-0.3, -0.25) is 0 Å². The molecule has 0 aliphatic carbocycles. The van der Waals surface area contributed by atoms with Gasteiger partial charge in [0.2, 0.25) is 0 Å². The van der Waals surface area contributed by atoms with Gasteiger partial charge in [-0.15, -0.1) is 0 Å². The third-order valence-electron chi connectivity index (χ3n) is 3.11. The second-order valence-corrected chi connectivity index (χ2v) is 6.54. The van der Waals surface area contributed by atoms with Crippen LogP contribution in [0.25, 0.3) is 0 Å². The van der Waals surface area contributed by atoms with Crippen molar-refractivity contribution in [3.8, 4) is 5.75 Å². The van der Waals surface area contributed by atoms with Crippen molar-refractivity contribution in [3.05, 3.63) is 29.8 Å². The molecule has 1 atom stereocenters. The molecule has 0 spiro atoms. The Balaban J connectivity index is 2.72. The number of rotatable bonds is 7. The topological polar surface area (TPSA) is 30.5 Å². The molecule has 3 heteroatoms. The van der Waals surface area contributed by atoms with E-state index in [9.17, 15) is 0 Å². The van der Waals surface area contributed by atoms with E-state index in [0.29, 0.717) is 12.6 Å². The van der Waals surface area contributed by atoms with Crippen molar-refractivity contribution < 1.29 is 9.47 Å². The second-order valence-electron chi connectivity index (χ2n) is 6.54. The first-order valence-electron chi connectivity index (χ1n) is 7.32. The number of methoxy groups -OCH3 is 1. The van der Waals surface area contributed by atoms with Gasteiger partial charge in [0.1, 0.15) is 11.9 Å². The normalized spacial score (nSPS) is 13.6. The van der Waals surface area contributed by atoms with Gasteiger partial charge in [-0.05, 0) is 23.1 Å². The molecular weight excluding hydrogens is 250 g/mol. The molecular formula is C17H29NO2. The number of nitrogens with one attached hydrogen (secondary N) is 1. The van der Waals surface area contributed by atoms with Gasteiger partial charge in [0.25, 0.3) is 0 Å². The lowest BCUT2D eigenvalue weighted by molar-refractivity contribution is 0.0793. The van der Waals surface area contributed by atoms with Crippen LogP contribution in [-0.4, -0.2) is 32.4 Å². The molecule has 1 aromatic rings. The van der Waals surface area contributed by atoms with Crippen LogP contribution in [0, 0.1) is 0 Å². The third-order valence-corrected chi connectivity index (χ3v) is 3.11. The van der Waals surface area contributed by atoms with Gasteiger partial charge in [0, 0.05) is 19.7 Å². The molecule has 0 bridgehead atoms. The summed E-state index contributed by atoms with van der Waals surface area (Å²) in [5.74, 6) is 0.907. The summed E-state index contributed by atoms with van der Waals surface area (Å²) in [6.45, 7) is 12.2. The van der Waals surface area contributed by atoms with E-state index in [1.165, 1.54) is 5.56 Å². The van der Waals surface area contributed by atoms with Crippen molar-refractivity contribution in [1.29, 1.82) is 0 Å². The summed E-state index contributed by atoms with van der Waals surface area (Å²) in [5, 5.41) is 3.39. The fourth-order valence-corrected chi connectivity index (χ4v) is 1.92. The Kier molecular flexibility index (Phi) is 6.50. The summed E-state index contributed by atoms with van der Waals surface area (Å²) in [7, 11) is 1.71. The van der Waals surface area contributed by atoms with Gasteiger partial charge < -0.3 is 14.8 Å². The number of benzene rings is 1. The highest BCUT2D eigenvalue weighted by Gasteiger charge is 2.16. The molecule has 0 radical (unpaired) electrons. The first-order valence-corrected chi connectivity index (χ1v) is 7.32. The quantitative estimate of drug-likeness (QED) is 0.830. The van der Waals surface area contributed by atoms with Crippen LogP contribution in [0.5, 0.6) is 5.75 Å². The molecule has 0 saturated heterocycles. The maximum absolute atomic E-state index is 6.05. The fourth-order valence-electron chi connectivity index (χ4n) is 1.92. The third kappa shape index (κ3) is 5.93. The number of hydrogen-bond donors (Lipinski definition) is 1. The predicted molar refractivity (Wildman–Crippen MR) is 84.6 cm³/mol. The Morgan fingerprint density at radius 2 is 1.90 bits per heavy atom. The SMILES string of the molecule is COCC(CNC(C)C)Oc1cccc(C(C)(C)C)c1. The van der Waals surface area contributed by atoms with Crippen molar-refractivity contribution in [2.24, 2.45) is 0 Å². The maximum Gasteiger partial charge on any atom is 0.134 e. The molecule has 0 aliphatic heterocycles. The van der Waals surface area contributed by atoms with Gasteiger partial charge in [-0.1, -0.05) is 46.8 Å². The zero-order valence-corrected chi connectivity index (χ0v) is 13.7. The maximum atomic E-state index is 6.05. The minimum Gasteiger partial charge on any atom is -0.487 e. The van der Waals surface area contributed by atoms with Crippen LogP contribution in [0.1, 0.15) is 40.2 Å². The van der Waals surface area contributed by atoms with Gasteiger partial charge in [0.05, 0.1) is 6.61 Å². The highest BCUT2D eigenvalue weighted by Crippen LogP contribution is 2.26. The van der Waals surface area contributed by atoms with Crippen molar-refractivity contribution in [1.82, 2.24) is 5.32 Å². The molecule has 0 heterocycles. The van der Waals surface area contributed by atoms with Crippen molar-refractivity contribution in [3.63, 3.8) is 0 Å². The molecule has 20 heavy (non-hydrogen) atoms. The van der Waals surface area contributed by atoms with Gasteiger partial charge in [-0.2, -0.15) is 0 Å². The number of hydrogen-bond acceptors (Lipinski definition) is 3. The predicted octanol–water partition coefficient (Wildman–Crippen LogP) is 3.38. The average Bonchev–Trinajstić information content (AvgIpc) is 2.35. The zero-order valence-electron chi connectivity index (χ0n) is 13.7. The van der Waals surface area contributed by atoms with Crippen LogP contribution >= 0.6 is 0 Å². The second kappa shape index (κ2) is 7.65. The summed E-state index contributed by atoms with van der Waals surface area (Å²) >= 11 is 0. The lowest BCUT2D eigenvalue weighted by Crippen LogP contribution is -2.38. The molecule has 0 fully saturated rings. The van der Waals surface area contributed by atoms with Crippen LogP contribution in [0.15, 0.2) is 24.3 Å². The van der Waals surface area contributed by atoms with E-state index in [1.807, 2.05) is 6.07 Å². The lowest BCUT2D eigenvalue weighted by Gasteiger charge is -2.23. The van der Waals surface area contributed by atoms with E-state index in [1.54, 1.807) is 7.11 Å². The summed E-state index contributed by atoms with van der Waals surface area (Å²) in [4.78, 5) is 0. The Morgan fingerprint density at radius 1 is 1.20 bits per heavy atom. The Bertz CT molecular complexity index is 396.